The summed E-state index contributed by atoms with van der Waals surface area (Å²) in [5.41, 5.74) is 3.36. The molecule has 0 aromatic heterocycles. The van der Waals surface area contributed by atoms with E-state index in [0.29, 0.717) is 18.1 Å². The van der Waals surface area contributed by atoms with Crippen molar-refractivity contribution in [2.24, 2.45) is 0 Å². The van der Waals surface area contributed by atoms with Crippen LogP contribution in [-0.2, 0) is 24.3 Å². The number of methoxy groups -OCH3 is 1. The molecule has 1 fully saturated rings. The molecule has 35 heavy (non-hydrogen) atoms. The van der Waals surface area contributed by atoms with Gasteiger partial charge in [-0.25, -0.2) is 0 Å². The van der Waals surface area contributed by atoms with Gasteiger partial charge in [0.2, 0.25) is 5.91 Å². The van der Waals surface area contributed by atoms with E-state index in [1.54, 1.807) is 7.11 Å². The first-order chi connectivity index (χ1) is 17.0. The Bertz CT molecular complexity index is 1110. The van der Waals surface area contributed by atoms with Crippen molar-refractivity contribution in [1.29, 1.82) is 0 Å². The highest BCUT2D eigenvalue weighted by atomic mass is 35.5. The van der Waals surface area contributed by atoms with E-state index in [1.165, 1.54) is 5.56 Å². The largest absolute Gasteiger partial charge is 0.497 e. The summed E-state index contributed by atoms with van der Waals surface area (Å²) in [5, 5.41) is 8.21. The maximum absolute atomic E-state index is 13.2. The van der Waals surface area contributed by atoms with Crippen LogP contribution in [0.15, 0.2) is 72.8 Å². The molecular weight excluding hydrogens is 481 g/mol. The van der Waals surface area contributed by atoms with E-state index in [2.05, 4.69) is 27.7 Å². The van der Waals surface area contributed by atoms with Crippen LogP contribution in [0.3, 0.4) is 0 Å². The van der Waals surface area contributed by atoms with Crippen molar-refractivity contribution in [2.75, 3.05) is 20.2 Å². The van der Waals surface area contributed by atoms with Crippen LogP contribution in [0.25, 0.3) is 0 Å². The fourth-order valence-electron chi connectivity index (χ4n) is 4.45. The first-order valence-electron chi connectivity index (χ1n) is 11.9. The summed E-state index contributed by atoms with van der Waals surface area (Å²) in [7, 11) is 1.67. The Balaban J connectivity index is 1.37. The first-order valence-corrected chi connectivity index (χ1v) is 12.6. The highest BCUT2D eigenvalue weighted by molar-refractivity contribution is 6.31. The van der Waals surface area contributed by atoms with Crippen LogP contribution in [0.4, 0.5) is 0 Å². The number of nitrogens with zero attached hydrogens (tertiary/aromatic N) is 1. The second kappa shape index (κ2) is 12.4. The number of benzene rings is 3. The van der Waals surface area contributed by atoms with E-state index in [-0.39, 0.29) is 18.0 Å². The molecule has 0 spiro atoms. The van der Waals surface area contributed by atoms with Crippen molar-refractivity contribution in [3.8, 4) is 5.75 Å². The summed E-state index contributed by atoms with van der Waals surface area (Å²) in [5.74, 6) is 0.899. The number of carbonyl (C=O) groups is 1. The standard InChI is InChI=1S/C28H31Cl2N3O2/c1-35-25-12-8-21(9-13-25)17-32-24-16-27(33(19-24)18-22-4-2-3-5-26(22)30)28(34)31-15-14-20-6-10-23(29)11-7-20/h2-13,24,27,32H,14-19H2,1H3,(H,31,34)/t24-,27-/m0/s1. The van der Waals surface area contributed by atoms with E-state index in [1.807, 2.05) is 60.7 Å². The second-order valence-corrected chi connectivity index (χ2v) is 9.71. The predicted octanol–water partition coefficient (Wildman–Crippen LogP) is 5.09. The van der Waals surface area contributed by atoms with Crippen molar-refractivity contribution in [1.82, 2.24) is 15.5 Å². The van der Waals surface area contributed by atoms with Gasteiger partial charge in [0, 0.05) is 42.3 Å². The minimum Gasteiger partial charge on any atom is -0.497 e. The highest BCUT2D eigenvalue weighted by Gasteiger charge is 2.36. The molecular formula is C28H31Cl2N3O2. The Morgan fingerprint density at radius 3 is 2.43 bits per heavy atom. The number of hydrogen-bond donors (Lipinski definition) is 2. The zero-order valence-corrected chi connectivity index (χ0v) is 21.4. The molecule has 1 saturated heterocycles. The highest BCUT2D eigenvalue weighted by Crippen LogP contribution is 2.25. The lowest BCUT2D eigenvalue weighted by atomic mass is 10.1. The summed E-state index contributed by atoms with van der Waals surface area (Å²) in [4.78, 5) is 15.4. The third-order valence-electron chi connectivity index (χ3n) is 6.42. The molecule has 2 N–H and O–H groups in total. The summed E-state index contributed by atoms with van der Waals surface area (Å²) >= 11 is 12.4. The minimum absolute atomic E-state index is 0.0553. The molecule has 0 unspecified atom stereocenters. The summed E-state index contributed by atoms with van der Waals surface area (Å²) in [6.07, 6.45) is 1.51. The van der Waals surface area contributed by atoms with Gasteiger partial charge < -0.3 is 15.4 Å². The number of ether oxygens (including phenoxy) is 1. The number of rotatable bonds is 10. The third-order valence-corrected chi connectivity index (χ3v) is 7.04. The predicted molar refractivity (Wildman–Crippen MR) is 142 cm³/mol. The van der Waals surface area contributed by atoms with Gasteiger partial charge in [-0.1, -0.05) is 65.7 Å². The van der Waals surface area contributed by atoms with Gasteiger partial charge in [0.25, 0.3) is 0 Å². The van der Waals surface area contributed by atoms with Crippen LogP contribution in [0.1, 0.15) is 23.1 Å². The van der Waals surface area contributed by atoms with Crippen LogP contribution in [0, 0.1) is 0 Å². The third kappa shape index (κ3) is 7.21. The quantitative estimate of drug-likeness (QED) is 0.397. The molecule has 3 aromatic carbocycles. The Kier molecular flexibility index (Phi) is 9.05. The Hall–Kier alpha value is -2.57. The Morgan fingerprint density at radius 2 is 1.71 bits per heavy atom. The topological polar surface area (TPSA) is 53.6 Å². The van der Waals surface area contributed by atoms with Crippen LogP contribution in [-0.4, -0.2) is 43.1 Å². The normalized spacial score (nSPS) is 17.9. The maximum Gasteiger partial charge on any atom is 0.237 e. The molecule has 5 nitrogen and oxygen atoms in total. The zero-order valence-electron chi connectivity index (χ0n) is 19.8. The lowest BCUT2D eigenvalue weighted by molar-refractivity contribution is -0.125. The Morgan fingerprint density at radius 1 is 1.00 bits per heavy atom. The molecule has 184 valence electrons. The number of halogens is 2. The smallest absolute Gasteiger partial charge is 0.237 e. The van der Waals surface area contributed by atoms with Crippen molar-refractivity contribution in [3.63, 3.8) is 0 Å². The summed E-state index contributed by atoms with van der Waals surface area (Å²) in [6, 6.07) is 23.6. The van der Waals surface area contributed by atoms with Gasteiger partial charge >= 0.3 is 0 Å². The van der Waals surface area contributed by atoms with Gasteiger partial charge in [0.15, 0.2) is 0 Å². The monoisotopic (exact) mass is 511 g/mol. The molecule has 1 aliphatic rings. The van der Waals surface area contributed by atoms with Crippen LogP contribution >= 0.6 is 23.2 Å². The molecule has 1 amide bonds. The maximum atomic E-state index is 13.2. The van der Waals surface area contributed by atoms with Crippen LogP contribution in [0.2, 0.25) is 10.0 Å². The minimum atomic E-state index is -0.218. The average molecular weight is 512 g/mol. The van der Waals surface area contributed by atoms with E-state index in [9.17, 15) is 4.79 Å². The van der Waals surface area contributed by atoms with E-state index < -0.39 is 0 Å². The summed E-state index contributed by atoms with van der Waals surface area (Å²) in [6.45, 7) is 2.73. The van der Waals surface area contributed by atoms with Crippen molar-refractivity contribution in [2.45, 2.75) is 38.0 Å². The molecule has 0 saturated carbocycles. The van der Waals surface area contributed by atoms with Gasteiger partial charge in [-0.2, -0.15) is 0 Å². The van der Waals surface area contributed by atoms with E-state index in [4.69, 9.17) is 27.9 Å². The van der Waals surface area contributed by atoms with Crippen LogP contribution < -0.4 is 15.4 Å². The van der Waals surface area contributed by atoms with Crippen molar-refractivity contribution >= 4 is 29.1 Å². The lowest BCUT2D eigenvalue weighted by Crippen LogP contribution is -2.43. The molecule has 0 aliphatic carbocycles. The molecule has 0 radical (unpaired) electrons. The molecule has 2 atom stereocenters. The molecule has 4 rings (SSSR count). The first kappa shape index (κ1) is 25.5. The SMILES string of the molecule is COc1ccc(CN[C@H]2C[C@@H](C(=O)NCCc3ccc(Cl)cc3)N(Cc3ccccc3Cl)C2)cc1. The molecule has 0 bridgehead atoms. The summed E-state index contributed by atoms with van der Waals surface area (Å²) < 4.78 is 5.25. The number of hydrogen-bond acceptors (Lipinski definition) is 4. The second-order valence-electron chi connectivity index (χ2n) is 8.87. The number of likely N-dealkylation sites (tertiary alicyclic amines) is 1. The van der Waals surface area contributed by atoms with E-state index in [0.717, 1.165) is 47.8 Å². The van der Waals surface area contributed by atoms with E-state index >= 15 is 0 Å². The molecule has 1 aliphatic heterocycles. The average Bonchev–Trinajstić information content (AvgIpc) is 3.28. The van der Waals surface area contributed by atoms with Crippen molar-refractivity contribution in [3.05, 3.63) is 99.5 Å². The van der Waals surface area contributed by atoms with Gasteiger partial charge in [0.05, 0.1) is 13.2 Å². The Labute approximate surface area is 217 Å². The fourth-order valence-corrected chi connectivity index (χ4v) is 4.77. The van der Waals surface area contributed by atoms with Crippen LogP contribution in [0.5, 0.6) is 5.75 Å². The molecule has 7 heteroatoms. The zero-order chi connectivity index (χ0) is 24.6. The van der Waals surface area contributed by atoms with Gasteiger partial charge in [0.1, 0.15) is 5.75 Å². The number of amides is 1. The van der Waals surface area contributed by atoms with Crippen molar-refractivity contribution < 1.29 is 9.53 Å². The molecule has 3 aromatic rings. The number of carbonyl (C=O) groups excluding carboxylic acids is 1. The van der Waals surface area contributed by atoms with Gasteiger partial charge in [-0.3, -0.25) is 9.69 Å². The number of nitrogens with one attached hydrogen (secondary N) is 2. The molecule has 1 heterocycles. The van der Waals surface area contributed by atoms with Gasteiger partial charge in [-0.15, -0.1) is 0 Å². The van der Waals surface area contributed by atoms with Gasteiger partial charge in [-0.05, 0) is 59.9 Å². The fraction of sp³-hybridized carbons (Fsp3) is 0.321. The lowest BCUT2D eigenvalue weighted by Gasteiger charge is -2.24.